The molecule has 0 saturated carbocycles. The van der Waals surface area contributed by atoms with Crippen molar-refractivity contribution in [3.63, 3.8) is 0 Å². The average molecular weight is 543 g/mol. The third-order valence-electron chi connectivity index (χ3n) is 5.50. The summed E-state index contributed by atoms with van der Waals surface area (Å²) in [6, 6.07) is 3.89. The van der Waals surface area contributed by atoms with Crippen LogP contribution in [0.15, 0.2) is 30.6 Å². The molecule has 37 heavy (non-hydrogen) atoms. The molecule has 0 aliphatic carbocycles. The number of alkyl halides is 4. The van der Waals surface area contributed by atoms with Gasteiger partial charge in [-0.3, -0.25) is 9.69 Å². The van der Waals surface area contributed by atoms with Gasteiger partial charge in [0, 0.05) is 31.4 Å². The molecule has 198 valence electrons. The van der Waals surface area contributed by atoms with Gasteiger partial charge in [-0.1, -0.05) is 0 Å². The second-order valence-corrected chi connectivity index (χ2v) is 9.32. The third kappa shape index (κ3) is 6.68. The monoisotopic (exact) mass is 542 g/mol. The number of anilines is 3. The van der Waals surface area contributed by atoms with E-state index in [2.05, 4.69) is 25.0 Å². The van der Waals surface area contributed by atoms with E-state index in [9.17, 15) is 26.7 Å². The second kappa shape index (κ2) is 10.9. The molecule has 8 nitrogen and oxygen atoms in total. The van der Waals surface area contributed by atoms with Gasteiger partial charge in [0.2, 0.25) is 0 Å². The maximum absolute atomic E-state index is 14.4. The highest BCUT2D eigenvalue weighted by atomic mass is 32.1. The minimum absolute atomic E-state index is 0.00377. The number of nitrogens with one attached hydrogen (secondary N) is 2. The maximum Gasteiger partial charge on any atom is 0.434 e. The molecule has 2 aromatic heterocycles. The van der Waals surface area contributed by atoms with Crippen molar-refractivity contribution in [3.8, 4) is 5.75 Å². The van der Waals surface area contributed by atoms with E-state index < -0.39 is 29.8 Å². The molecule has 3 heterocycles. The van der Waals surface area contributed by atoms with Gasteiger partial charge in [-0.05, 0) is 43.9 Å². The zero-order chi connectivity index (χ0) is 26.7. The van der Waals surface area contributed by atoms with Crippen LogP contribution in [0.25, 0.3) is 0 Å². The first-order chi connectivity index (χ1) is 17.5. The number of amides is 1. The summed E-state index contributed by atoms with van der Waals surface area (Å²) in [5.41, 5.74) is -0.366. The van der Waals surface area contributed by atoms with E-state index in [-0.39, 0.29) is 40.5 Å². The zero-order valence-corrected chi connectivity index (χ0v) is 20.6. The normalized spacial score (nSPS) is 17.0. The summed E-state index contributed by atoms with van der Waals surface area (Å²) >= 11 is 0.923. The Labute approximate surface area is 213 Å². The number of aromatic nitrogens is 3. The van der Waals surface area contributed by atoms with Crippen LogP contribution < -0.4 is 15.4 Å². The number of aryl methyl sites for hydroxylation is 1. The average Bonchev–Trinajstić information content (AvgIpc) is 3.41. The van der Waals surface area contributed by atoms with Crippen LogP contribution >= 0.6 is 11.5 Å². The maximum atomic E-state index is 14.4. The molecule has 2 atom stereocenters. The largest absolute Gasteiger partial charge is 0.486 e. The van der Waals surface area contributed by atoms with Crippen molar-refractivity contribution < 1.29 is 31.5 Å². The number of rotatable bonds is 8. The van der Waals surface area contributed by atoms with Gasteiger partial charge in [0.25, 0.3) is 5.91 Å². The number of carbonyl (C=O) groups is 1. The number of halogens is 5. The van der Waals surface area contributed by atoms with Gasteiger partial charge in [0.1, 0.15) is 23.1 Å². The van der Waals surface area contributed by atoms with Crippen LogP contribution in [0.3, 0.4) is 0 Å². The fourth-order valence-corrected chi connectivity index (χ4v) is 4.64. The SMILES string of the molecule is Cc1nsc(Nc2cnc(C(F)(F)F)cn2)c1C(=O)Nc1ccc(F)c(O[C@@H]2CCN(CC(C)F)C2)c1. The van der Waals surface area contributed by atoms with E-state index in [4.69, 9.17) is 4.74 Å². The topological polar surface area (TPSA) is 92.3 Å². The molecule has 3 aromatic rings. The summed E-state index contributed by atoms with van der Waals surface area (Å²) in [5.74, 6) is -1.23. The molecule has 1 aromatic carbocycles. The fourth-order valence-electron chi connectivity index (χ4n) is 3.84. The van der Waals surface area contributed by atoms with E-state index in [1.165, 1.54) is 19.1 Å². The van der Waals surface area contributed by atoms with Gasteiger partial charge in [0.05, 0.1) is 23.7 Å². The van der Waals surface area contributed by atoms with Gasteiger partial charge in [-0.15, -0.1) is 0 Å². The van der Waals surface area contributed by atoms with Crippen LogP contribution in [0.5, 0.6) is 5.75 Å². The Hall–Kier alpha value is -3.39. The number of benzene rings is 1. The Morgan fingerprint density at radius 1 is 1.30 bits per heavy atom. The van der Waals surface area contributed by atoms with Gasteiger partial charge in [-0.2, -0.15) is 17.5 Å². The Bertz CT molecular complexity index is 1250. The highest BCUT2D eigenvalue weighted by Gasteiger charge is 2.33. The number of hydrogen-bond donors (Lipinski definition) is 2. The van der Waals surface area contributed by atoms with Crippen molar-refractivity contribution in [2.75, 3.05) is 30.3 Å². The summed E-state index contributed by atoms with van der Waals surface area (Å²) in [4.78, 5) is 22.0. The van der Waals surface area contributed by atoms with E-state index in [0.29, 0.717) is 31.4 Å². The van der Waals surface area contributed by atoms with Crippen molar-refractivity contribution in [2.24, 2.45) is 0 Å². The molecule has 1 aliphatic heterocycles. The molecule has 2 N–H and O–H groups in total. The highest BCUT2D eigenvalue weighted by Crippen LogP contribution is 2.31. The van der Waals surface area contributed by atoms with Gasteiger partial charge < -0.3 is 15.4 Å². The van der Waals surface area contributed by atoms with Crippen LogP contribution in [0.1, 0.15) is 35.1 Å². The Morgan fingerprint density at radius 2 is 2.08 bits per heavy atom. The van der Waals surface area contributed by atoms with E-state index in [1.54, 1.807) is 6.92 Å². The molecule has 1 saturated heterocycles. The predicted octanol–water partition coefficient (Wildman–Crippen LogP) is 5.21. The Morgan fingerprint density at radius 3 is 2.76 bits per heavy atom. The summed E-state index contributed by atoms with van der Waals surface area (Å²) in [6.07, 6.45) is -3.82. The molecular formula is C23H23F5N6O2S. The van der Waals surface area contributed by atoms with Gasteiger partial charge in [-0.25, -0.2) is 18.7 Å². The summed E-state index contributed by atoms with van der Waals surface area (Å²) in [7, 11) is 0. The predicted molar refractivity (Wildman–Crippen MR) is 128 cm³/mol. The van der Waals surface area contributed by atoms with Crippen LogP contribution in [0.2, 0.25) is 0 Å². The minimum Gasteiger partial charge on any atom is -0.486 e. The molecule has 0 spiro atoms. The summed E-state index contributed by atoms with van der Waals surface area (Å²) < 4.78 is 75.8. The third-order valence-corrected chi connectivity index (χ3v) is 6.35. The van der Waals surface area contributed by atoms with Crippen molar-refractivity contribution in [1.29, 1.82) is 0 Å². The molecule has 14 heteroatoms. The standard InChI is InChI=1S/C23H23F5N6O2S/c1-12(24)10-34-6-5-15(11-34)36-17-7-14(3-4-16(17)25)31-21(35)20-13(2)33-37-22(20)32-19-9-29-18(8-30-19)23(26,27)28/h3-4,7-9,12,15H,5-6,10-11H2,1-2H3,(H,30,32)(H,31,35)/t12?,15-/m1/s1. The zero-order valence-electron chi connectivity index (χ0n) is 19.8. The number of likely N-dealkylation sites (tertiary alicyclic amines) is 1. The van der Waals surface area contributed by atoms with Crippen LogP contribution in [0, 0.1) is 12.7 Å². The van der Waals surface area contributed by atoms with Crippen molar-refractivity contribution in [3.05, 3.63) is 53.4 Å². The first-order valence-electron chi connectivity index (χ1n) is 11.3. The molecule has 0 radical (unpaired) electrons. The lowest BCUT2D eigenvalue weighted by molar-refractivity contribution is -0.141. The number of nitrogens with zero attached hydrogens (tertiary/aromatic N) is 4. The quantitative estimate of drug-likeness (QED) is 0.378. The van der Waals surface area contributed by atoms with Gasteiger partial charge in [0.15, 0.2) is 17.3 Å². The summed E-state index contributed by atoms with van der Waals surface area (Å²) in [5, 5.41) is 5.67. The highest BCUT2D eigenvalue weighted by molar-refractivity contribution is 7.10. The minimum atomic E-state index is -4.63. The second-order valence-electron chi connectivity index (χ2n) is 8.55. The lowest BCUT2D eigenvalue weighted by Gasteiger charge is -2.18. The first kappa shape index (κ1) is 26.7. The van der Waals surface area contributed by atoms with E-state index in [0.717, 1.165) is 23.8 Å². The molecule has 4 rings (SSSR count). The van der Waals surface area contributed by atoms with Crippen molar-refractivity contribution >= 4 is 33.9 Å². The van der Waals surface area contributed by atoms with E-state index >= 15 is 0 Å². The molecule has 1 aliphatic rings. The first-order valence-corrected chi connectivity index (χ1v) is 12.0. The molecule has 0 bridgehead atoms. The lowest BCUT2D eigenvalue weighted by Crippen LogP contribution is -2.29. The van der Waals surface area contributed by atoms with E-state index in [1.807, 2.05) is 4.90 Å². The Kier molecular flexibility index (Phi) is 7.87. The lowest BCUT2D eigenvalue weighted by atomic mass is 10.2. The number of carbonyl (C=O) groups excluding carboxylic acids is 1. The van der Waals surface area contributed by atoms with Crippen LogP contribution in [-0.4, -0.2) is 57.1 Å². The molecule has 1 unspecified atom stereocenters. The number of ether oxygens (including phenoxy) is 1. The fraction of sp³-hybridized carbons (Fsp3) is 0.391. The molecule has 1 amide bonds. The van der Waals surface area contributed by atoms with Crippen LogP contribution in [-0.2, 0) is 6.18 Å². The van der Waals surface area contributed by atoms with Crippen molar-refractivity contribution in [2.45, 2.75) is 38.7 Å². The van der Waals surface area contributed by atoms with Crippen LogP contribution in [0.4, 0.5) is 38.5 Å². The van der Waals surface area contributed by atoms with Crippen molar-refractivity contribution in [1.82, 2.24) is 19.2 Å². The Balaban J connectivity index is 1.44. The molecule has 1 fully saturated rings. The van der Waals surface area contributed by atoms with Gasteiger partial charge >= 0.3 is 6.18 Å². The molecular weight excluding hydrogens is 519 g/mol. The summed E-state index contributed by atoms with van der Waals surface area (Å²) in [6.45, 7) is 4.45. The smallest absolute Gasteiger partial charge is 0.434 e. The number of hydrogen-bond acceptors (Lipinski definition) is 8.